The number of phosphoric acid groups is 1. The van der Waals surface area contributed by atoms with Gasteiger partial charge in [-0.15, -0.1) is 0 Å². The first-order valence-electron chi connectivity index (χ1n) is 7.95. The summed E-state index contributed by atoms with van der Waals surface area (Å²) >= 11 is 0. The van der Waals surface area contributed by atoms with Gasteiger partial charge in [0.1, 0.15) is 30.2 Å². The Morgan fingerprint density at radius 2 is 1.84 bits per heavy atom. The Morgan fingerprint density at radius 1 is 1.19 bits per heavy atom. The van der Waals surface area contributed by atoms with Crippen LogP contribution in [0, 0.1) is 0 Å². The number of imidazole rings is 1. The van der Waals surface area contributed by atoms with Crippen LogP contribution in [0.2, 0.25) is 0 Å². The van der Waals surface area contributed by atoms with Crippen molar-refractivity contribution in [1.29, 1.82) is 0 Å². The quantitative estimate of drug-likeness (QED) is 0.160. The normalized spacial score (nSPS) is 29.1. The maximum atomic E-state index is 11.7. The summed E-state index contributed by atoms with van der Waals surface area (Å²) in [6.07, 6.45) is -3.87. The zero-order valence-electron chi connectivity index (χ0n) is 15.6. The maximum Gasteiger partial charge on any atom is 2.00 e. The summed E-state index contributed by atoms with van der Waals surface area (Å²) in [7, 11) is -17.2. The summed E-state index contributed by atoms with van der Waals surface area (Å²) in [5, 5.41) is 20.4. The molecule has 0 amide bonds. The van der Waals surface area contributed by atoms with Crippen molar-refractivity contribution in [1.82, 2.24) is 24.4 Å². The Bertz CT molecular complexity index is 1110. The van der Waals surface area contributed by atoms with E-state index in [2.05, 4.69) is 23.8 Å². The van der Waals surface area contributed by atoms with E-state index in [4.69, 9.17) is 15.4 Å². The molecule has 2 aromatic rings. The molecule has 0 spiro atoms. The van der Waals surface area contributed by atoms with Crippen molar-refractivity contribution in [2.24, 2.45) is 0 Å². The zero-order chi connectivity index (χ0) is 23.2. The molecule has 18 nitrogen and oxygen atoms in total. The van der Waals surface area contributed by atoms with Gasteiger partial charge in [0.05, 0.1) is 12.9 Å². The molecule has 1 aliphatic rings. The molecule has 3 heterocycles. The van der Waals surface area contributed by atoms with E-state index in [1.54, 1.807) is 0 Å². The number of fused-ring (bicyclic) bond motifs is 1. The van der Waals surface area contributed by atoms with Crippen LogP contribution < -0.4 is 25.3 Å². The third-order valence-corrected chi connectivity index (χ3v) is 7.97. The molecule has 22 heteroatoms. The summed E-state index contributed by atoms with van der Waals surface area (Å²) < 4.78 is 47.9. The summed E-state index contributed by atoms with van der Waals surface area (Å²) in [6.45, 7) is -1.03. The Labute approximate surface area is 194 Å². The molecule has 0 bridgehead atoms. The van der Waals surface area contributed by atoms with Gasteiger partial charge in [-0.25, -0.2) is 15.0 Å². The number of hydrogen-bond acceptors (Lipinski definition) is 15. The van der Waals surface area contributed by atoms with E-state index in [0.717, 1.165) is 6.33 Å². The first kappa shape index (κ1) is 27.6. The van der Waals surface area contributed by atoms with Gasteiger partial charge in [-0.05, 0) is 0 Å². The molecule has 1 saturated heterocycles. The fraction of sp³-hybridized carbons (Fsp3) is 0.500. The van der Waals surface area contributed by atoms with Crippen molar-refractivity contribution in [3.8, 4) is 0 Å². The number of ether oxygens (including phenoxy) is 1. The van der Waals surface area contributed by atoms with E-state index in [9.17, 15) is 38.6 Å². The largest absolute Gasteiger partial charge is 2.00 e. The Balaban J connectivity index is 0.00000363. The van der Waals surface area contributed by atoms with E-state index in [1.807, 2.05) is 0 Å². The summed E-state index contributed by atoms with van der Waals surface area (Å²) in [4.78, 5) is 54.1. The molecule has 0 radical (unpaired) electrons. The van der Waals surface area contributed by atoms with Gasteiger partial charge in [0, 0.05) is 0 Å². The molecule has 0 saturated carbocycles. The summed E-state index contributed by atoms with van der Waals surface area (Å²) in [5.74, 6) is 0.0299. The average Bonchev–Trinajstić information content (AvgIpc) is 3.13. The van der Waals surface area contributed by atoms with Crippen LogP contribution in [-0.4, -0.2) is 82.6 Å². The van der Waals surface area contributed by atoms with Crippen LogP contribution >= 0.6 is 23.3 Å². The van der Waals surface area contributed by atoms with E-state index in [0.29, 0.717) is 4.86 Å². The van der Waals surface area contributed by atoms with Crippen LogP contribution in [-0.2, 0) is 27.3 Å². The number of aliphatic hydroxyl groups is 2. The van der Waals surface area contributed by atoms with Gasteiger partial charge in [-0.3, -0.25) is 22.6 Å². The Hall–Kier alpha value is -0.594. The van der Waals surface area contributed by atoms with Crippen LogP contribution in [0.5, 0.6) is 0 Å². The molecule has 1 fully saturated rings. The van der Waals surface area contributed by atoms with Gasteiger partial charge < -0.3 is 44.8 Å². The smallest absolute Gasteiger partial charge is 0.766 e. The molecule has 0 aromatic carbocycles. The van der Waals surface area contributed by atoms with Crippen LogP contribution in [0.3, 0.4) is 0 Å². The van der Waals surface area contributed by atoms with Gasteiger partial charge in [-0.2, -0.15) is 4.86 Å². The minimum Gasteiger partial charge on any atom is -0.766 e. The standard InChI is InChI=1S/C10H17N6O12P3.Mg/c11-8-5-9(13-2-12-8)16(3-14-5)10-7(18)6(17)4(27-10)1-26-31(24,25)28-30(22,23)15-29(19,20)21;/h2-4,6-7,10,17-18H,1H2,(H,24,25)(H2,11,12,13)(H4,15,19,20,21,22,23);/q;+2/p-3/t4-,6-,7-,10-;/m1./s1. The maximum absolute atomic E-state index is 11.7. The van der Waals surface area contributed by atoms with Crippen molar-refractivity contribution >= 4 is 63.4 Å². The number of nitrogens with zero attached hydrogens (tertiary/aromatic N) is 4. The van der Waals surface area contributed by atoms with Gasteiger partial charge in [0.25, 0.3) is 7.82 Å². The van der Waals surface area contributed by atoms with Gasteiger partial charge >= 0.3 is 23.1 Å². The molecule has 3 rings (SSSR count). The monoisotopic (exact) mass is 527 g/mol. The van der Waals surface area contributed by atoms with Crippen molar-refractivity contribution < 1.29 is 57.1 Å². The summed E-state index contributed by atoms with van der Waals surface area (Å²) in [6, 6.07) is 0. The predicted octanol–water partition coefficient (Wildman–Crippen LogP) is -4.33. The topological polar surface area (TPSA) is 290 Å². The average molecular weight is 527 g/mol. The molecule has 7 atom stereocenters. The van der Waals surface area contributed by atoms with E-state index in [-0.39, 0.29) is 40.0 Å². The number of nitrogens with two attached hydrogens (primary N) is 1. The van der Waals surface area contributed by atoms with Gasteiger partial charge in [0.2, 0.25) is 15.5 Å². The SMILES string of the molecule is Nc1ncnc2c1ncn2[C@@H]1O[C@H](COP(=O)([O-])OP(=O)([O-])NP(=O)([O-])O)[C@@H](O)[C@H]1O.[Mg+2]. The number of nitrogens with one attached hydrogen (secondary N) is 1. The van der Waals surface area contributed by atoms with Crippen LogP contribution in [0.15, 0.2) is 12.7 Å². The number of nitrogen functional groups attached to an aromatic ring is 1. The predicted molar refractivity (Wildman–Crippen MR) is 96.6 cm³/mol. The number of rotatable bonds is 8. The number of aromatic nitrogens is 4. The summed E-state index contributed by atoms with van der Waals surface area (Å²) in [5.41, 5.74) is 5.96. The fourth-order valence-corrected chi connectivity index (χ4v) is 5.93. The molecule has 2 aromatic heterocycles. The first-order chi connectivity index (χ1) is 14.2. The molecular weight excluding hydrogens is 513 g/mol. The third kappa shape index (κ3) is 6.50. The number of aliphatic hydroxyl groups excluding tert-OH is 2. The molecule has 1 aliphatic heterocycles. The Kier molecular flexibility index (Phi) is 8.60. The fourth-order valence-electron chi connectivity index (χ4n) is 2.65. The van der Waals surface area contributed by atoms with Crippen molar-refractivity contribution in [3.63, 3.8) is 0 Å². The van der Waals surface area contributed by atoms with Crippen molar-refractivity contribution in [3.05, 3.63) is 12.7 Å². The Morgan fingerprint density at radius 3 is 2.47 bits per heavy atom. The molecule has 3 unspecified atom stereocenters. The third-order valence-electron chi connectivity index (χ3n) is 3.85. The molecule has 6 N–H and O–H groups in total. The van der Waals surface area contributed by atoms with Crippen molar-refractivity contribution in [2.45, 2.75) is 24.5 Å². The molecule has 0 aliphatic carbocycles. The zero-order valence-corrected chi connectivity index (χ0v) is 19.7. The second-order valence-electron chi connectivity index (χ2n) is 6.07. The minimum atomic E-state index is -5.83. The molecule has 174 valence electrons. The first-order valence-corrected chi connectivity index (χ1v) is 12.5. The minimum absolute atomic E-state index is 0. The molecular formula is C10H14MgN6O12P3-. The van der Waals surface area contributed by atoms with Crippen LogP contribution in [0.25, 0.3) is 11.2 Å². The van der Waals surface area contributed by atoms with Gasteiger partial charge in [0.15, 0.2) is 17.7 Å². The van der Waals surface area contributed by atoms with Crippen molar-refractivity contribution in [2.75, 3.05) is 12.3 Å². The second kappa shape index (κ2) is 9.95. The van der Waals surface area contributed by atoms with E-state index < -0.39 is 54.5 Å². The van der Waals surface area contributed by atoms with Gasteiger partial charge in [-0.1, -0.05) is 0 Å². The van der Waals surface area contributed by atoms with Crippen LogP contribution in [0.1, 0.15) is 6.23 Å². The van der Waals surface area contributed by atoms with Crippen LogP contribution in [0.4, 0.5) is 5.82 Å². The number of hydrogen-bond donors (Lipinski definition) is 5. The number of anilines is 1. The van der Waals surface area contributed by atoms with E-state index in [1.165, 1.54) is 10.9 Å². The number of phosphoric ester groups is 1. The second-order valence-corrected chi connectivity index (χ2v) is 10.7. The molecule has 32 heavy (non-hydrogen) atoms. The van der Waals surface area contributed by atoms with E-state index >= 15 is 0 Å².